The van der Waals surface area contributed by atoms with Gasteiger partial charge in [-0.15, -0.1) is 0 Å². The molecule has 9 aromatic carbocycles. The van der Waals surface area contributed by atoms with Crippen LogP contribution in [0.15, 0.2) is 223 Å². The van der Waals surface area contributed by atoms with E-state index in [1.165, 1.54) is 77.7 Å². The first kappa shape index (κ1) is 37.7. The van der Waals surface area contributed by atoms with Gasteiger partial charge in [0, 0.05) is 16.5 Å². The van der Waals surface area contributed by atoms with E-state index in [4.69, 9.17) is 10.7 Å². The molecule has 2 N–H and O–H groups in total. The van der Waals surface area contributed by atoms with Gasteiger partial charge < -0.3 is 5.73 Å². The minimum absolute atomic E-state index is 0.00555. The molecule has 0 bridgehead atoms. The molecule has 0 heterocycles. The third-order valence-electron chi connectivity index (χ3n) is 12.4. The molecule has 61 heavy (non-hydrogen) atoms. The first-order valence-electron chi connectivity index (χ1n) is 21.1. The van der Waals surface area contributed by atoms with Crippen molar-refractivity contribution in [1.82, 2.24) is 0 Å². The van der Waals surface area contributed by atoms with Gasteiger partial charge in [0.2, 0.25) is 0 Å². The largest absolute Gasteiger partial charge is 0.383 e. The summed E-state index contributed by atoms with van der Waals surface area (Å²) < 4.78 is 0. The van der Waals surface area contributed by atoms with Crippen molar-refractivity contribution in [2.24, 2.45) is 10.7 Å². The first-order valence-corrected chi connectivity index (χ1v) is 21.1. The van der Waals surface area contributed by atoms with Crippen molar-refractivity contribution < 1.29 is 0 Å². The van der Waals surface area contributed by atoms with Crippen LogP contribution in [0.5, 0.6) is 0 Å². The lowest BCUT2D eigenvalue weighted by Crippen LogP contribution is -2.14. The van der Waals surface area contributed by atoms with E-state index in [0.29, 0.717) is 12.3 Å². The van der Waals surface area contributed by atoms with Crippen LogP contribution in [0.25, 0.3) is 72.1 Å². The Morgan fingerprint density at radius 2 is 0.967 bits per heavy atom. The molecule has 0 radical (unpaired) electrons. The molecule has 2 nitrogen and oxygen atoms in total. The molecule has 2 heteroatoms. The average molecular weight is 783 g/mol. The second kappa shape index (κ2) is 15.9. The number of aliphatic imine (C=N–C) groups is 1. The van der Waals surface area contributed by atoms with Crippen molar-refractivity contribution in [3.63, 3.8) is 0 Å². The van der Waals surface area contributed by atoms with Gasteiger partial charge >= 0.3 is 0 Å². The maximum atomic E-state index is 6.81. The Morgan fingerprint density at radius 1 is 0.443 bits per heavy atom. The van der Waals surface area contributed by atoms with E-state index in [1.54, 1.807) is 0 Å². The second-order valence-corrected chi connectivity index (χ2v) is 16.5. The van der Waals surface area contributed by atoms with Crippen molar-refractivity contribution in [3.8, 4) is 55.6 Å². The first-order chi connectivity index (χ1) is 29.9. The topological polar surface area (TPSA) is 38.4 Å². The summed E-state index contributed by atoms with van der Waals surface area (Å²) in [6, 6.07) is 76.0. The Morgan fingerprint density at radius 3 is 1.70 bits per heavy atom. The third kappa shape index (κ3) is 7.17. The number of nitrogens with two attached hydrogens (primary N) is 1. The van der Waals surface area contributed by atoms with Crippen LogP contribution in [-0.4, -0.2) is 5.84 Å². The predicted octanol–water partition coefficient (Wildman–Crippen LogP) is 14.8. The number of hydrogen-bond donors (Lipinski definition) is 1. The summed E-state index contributed by atoms with van der Waals surface area (Å²) in [5, 5.41) is 2.29. The number of amidine groups is 1. The lowest BCUT2D eigenvalue weighted by Gasteiger charge is -2.21. The highest BCUT2D eigenvalue weighted by atomic mass is 14.9. The molecule has 0 fully saturated rings. The van der Waals surface area contributed by atoms with Crippen LogP contribution >= 0.6 is 0 Å². The van der Waals surface area contributed by atoms with E-state index in [-0.39, 0.29) is 5.41 Å². The molecule has 9 aromatic rings. The number of allylic oxidation sites excluding steroid dienone is 1. The van der Waals surface area contributed by atoms with Crippen LogP contribution in [0, 0.1) is 0 Å². The molecule has 0 saturated carbocycles. The normalized spacial score (nSPS) is 13.2. The molecule has 0 aromatic heterocycles. The fourth-order valence-corrected chi connectivity index (χ4v) is 9.19. The molecule has 0 unspecified atom stereocenters. The quantitative estimate of drug-likeness (QED) is 0.115. The van der Waals surface area contributed by atoms with Crippen molar-refractivity contribution in [1.29, 1.82) is 0 Å². The minimum Gasteiger partial charge on any atom is -0.383 e. The van der Waals surface area contributed by atoms with Crippen molar-refractivity contribution in [2.45, 2.75) is 25.7 Å². The Balaban J connectivity index is 1.04. The molecule has 0 amide bonds. The van der Waals surface area contributed by atoms with Crippen LogP contribution < -0.4 is 5.73 Å². The Bertz CT molecular complexity index is 3100. The SMILES string of the molecule is CC1(C)c2ccccc2-c2cc(-c3ccc(-c4ccc(/C(=C/Cc5ccc(-c6ccccc6)cc5-c5ccccc5)N=C(N)c5ccccc5)c5ccccc45)cc3)ccc21. The zero-order valence-corrected chi connectivity index (χ0v) is 34.5. The van der Waals surface area contributed by atoms with Gasteiger partial charge in [-0.3, -0.25) is 0 Å². The molecular weight excluding hydrogens is 737 g/mol. The maximum Gasteiger partial charge on any atom is 0.131 e. The maximum absolute atomic E-state index is 6.81. The highest BCUT2D eigenvalue weighted by Gasteiger charge is 2.35. The van der Waals surface area contributed by atoms with Gasteiger partial charge in [0.25, 0.3) is 0 Å². The highest BCUT2D eigenvalue weighted by Crippen LogP contribution is 2.49. The smallest absolute Gasteiger partial charge is 0.131 e. The summed E-state index contributed by atoms with van der Waals surface area (Å²) in [6.07, 6.45) is 2.91. The summed E-state index contributed by atoms with van der Waals surface area (Å²) in [4.78, 5) is 5.20. The molecule has 1 aliphatic carbocycles. The van der Waals surface area contributed by atoms with Crippen molar-refractivity contribution in [3.05, 3.63) is 246 Å². The standard InChI is InChI=1S/C59H46N2/c1-59(2)55-25-15-14-24-51(55)54-39-47(32-36-56(54)59)41-26-28-43(29-27-41)48-34-35-52(50-23-13-12-22-49(48)50)57(61-58(60)45-20-10-5-11-21-45)37-33-44-30-31-46(40-16-6-3-7-17-40)38-53(44)42-18-8-4-9-19-42/h3-32,34-39H,33H2,1-2H3,(H2,60,61)/b57-37-. The number of nitrogens with zero attached hydrogens (tertiary/aromatic N) is 1. The second-order valence-electron chi connectivity index (χ2n) is 16.5. The van der Waals surface area contributed by atoms with Gasteiger partial charge in [0.05, 0.1) is 5.70 Å². The van der Waals surface area contributed by atoms with Gasteiger partial charge in [-0.2, -0.15) is 0 Å². The molecule has 10 rings (SSSR count). The number of hydrogen-bond acceptors (Lipinski definition) is 1. The van der Waals surface area contributed by atoms with Gasteiger partial charge in [0.1, 0.15) is 5.84 Å². The van der Waals surface area contributed by atoms with Crippen LogP contribution in [-0.2, 0) is 11.8 Å². The molecular formula is C59H46N2. The number of rotatable bonds is 9. The van der Waals surface area contributed by atoms with Gasteiger partial charge in [-0.1, -0.05) is 220 Å². The third-order valence-corrected chi connectivity index (χ3v) is 12.4. The number of benzene rings is 9. The van der Waals surface area contributed by atoms with E-state index < -0.39 is 0 Å². The lowest BCUT2D eigenvalue weighted by atomic mass is 9.82. The van der Waals surface area contributed by atoms with Crippen LogP contribution in [0.2, 0.25) is 0 Å². The van der Waals surface area contributed by atoms with Crippen LogP contribution in [0.3, 0.4) is 0 Å². The lowest BCUT2D eigenvalue weighted by molar-refractivity contribution is 0.660. The fourth-order valence-electron chi connectivity index (χ4n) is 9.19. The number of fused-ring (bicyclic) bond motifs is 4. The van der Waals surface area contributed by atoms with Gasteiger partial charge in [-0.25, -0.2) is 4.99 Å². The molecule has 0 aliphatic heterocycles. The summed E-state index contributed by atoms with van der Waals surface area (Å²) in [6.45, 7) is 4.66. The molecule has 0 saturated heterocycles. The van der Waals surface area contributed by atoms with E-state index in [2.05, 4.69) is 202 Å². The summed E-state index contributed by atoms with van der Waals surface area (Å²) >= 11 is 0. The van der Waals surface area contributed by atoms with Crippen LogP contribution in [0.1, 0.15) is 41.7 Å². The molecule has 0 atom stereocenters. The Labute approximate surface area is 359 Å². The molecule has 1 aliphatic rings. The van der Waals surface area contributed by atoms with E-state index in [1.807, 2.05) is 30.3 Å². The van der Waals surface area contributed by atoms with Gasteiger partial charge in [0.15, 0.2) is 0 Å². The molecule has 0 spiro atoms. The highest BCUT2D eigenvalue weighted by molar-refractivity contribution is 6.06. The fraction of sp³-hybridized carbons (Fsp3) is 0.0678. The minimum atomic E-state index is -0.00555. The predicted molar refractivity (Wildman–Crippen MR) is 259 cm³/mol. The zero-order valence-electron chi connectivity index (χ0n) is 34.5. The van der Waals surface area contributed by atoms with Crippen molar-refractivity contribution >= 4 is 22.3 Å². The summed E-state index contributed by atoms with van der Waals surface area (Å²) in [5.74, 6) is 0.483. The summed E-state index contributed by atoms with van der Waals surface area (Å²) in [5.41, 5.74) is 25.8. The van der Waals surface area contributed by atoms with E-state index in [9.17, 15) is 0 Å². The average Bonchev–Trinajstić information content (AvgIpc) is 3.56. The molecule has 292 valence electrons. The summed E-state index contributed by atoms with van der Waals surface area (Å²) in [7, 11) is 0. The van der Waals surface area contributed by atoms with Gasteiger partial charge in [-0.05, 0) is 102 Å². The Hall–Kier alpha value is -7.55. The monoisotopic (exact) mass is 782 g/mol. The van der Waals surface area contributed by atoms with Crippen molar-refractivity contribution in [2.75, 3.05) is 0 Å². The Kier molecular flexibility index (Phi) is 9.83. The van der Waals surface area contributed by atoms with E-state index >= 15 is 0 Å². The zero-order chi connectivity index (χ0) is 41.3. The van der Waals surface area contributed by atoms with Crippen LogP contribution in [0.4, 0.5) is 0 Å². The van der Waals surface area contributed by atoms with E-state index in [0.717, 1.165) is 22.2 Å².